The van der Waals surface area contributed by atoms with Crippen LogP contribution in [0.25, 0.3) is 0 Å². The van der Waals surface area contributed by atoms with Gasteiger partial charge in [-0.2, -0.15) is 0 Å². The molecule has 0 saturated heterocycles. The molecule has 1 aliphatic carbocycles. The van der Waals surface area contributed by atoms with Crippen molar-refractivity contribution in [2.75, 3.05) is 6.61 Å². The highest BCUT2D eigenvalue weighted by Crippen LogP contribution is 2.25. The topological polar surface area (TPSA) is 38.3 Å². The summed E-state index contributed by atoms with van der Waals surface area (Å²) < 4.78 is 5.75. The van der Waals surface area contributed by atoms with E-state index in [2.05, 4.69) is 44.3 Å². The summed E-state index contributed by atoms with van der Waals surface area (Å²) in [5, 5.41) is 3.13. The Morgan fingerprint density at radius 3 is 2.73 bits per heavy atom. The second-order valence-electron chi connectivity index (χ2n) is 6.90. The Morgan fingerprint density at radius 1 is 1.32 bits per heavy atom. The van der Waals surface area contributed by atoms with E-state index in [1.165, 1.54) is 24.8 Å². The molecule has 3 heteroatoms. The fourth-order valence-corrected chi connectivity index (χ4v) is 3.05. The first kappa shape index (κ1) is 16.9. The van der Waals surface area contributed by atoms with Gasteiger partial charge in [0.25, 0.3) is 5.91 Å². The average molecular weight is 303 g/mol. The summed E-state index contributed by atoms with van der Waals surface area (Å²) in [6.45, 7) is 8.66. The van der Waals surface area contributed by atoms with E-state index in [1.807, 2.05) is 6.92 Å². The summed E-state index contributed by atoms with van der Waals surface area (Å²) in [5.74, 6) is 1.84. The Bertz CT molecular complexity index is 510. The molecular formula is C19H29NO2. The fraction of sp³-hybridized carbons (Fsp3) is 0.632. The SMILES string of the molecule is Cc1ccc(C(C)C)cc1OCC(=O)NC1CCCCC1C. The van der Waals surface area contributed by atoms with Crippen LogP contribution in [0.5, 0.6) is 5.75 Å². The predicted molar refractivity (Wildman–Crippen MR) is 90.3 cm³/mol. The Labute approximate surface area is 134 Å². The van der Waals surface area contributed by atoms with E-state index in [-0.39, 0.29) is 12.5 Å². The highest BCUT2D eigenvalue weighted by molar-refractivity contribution is 5.77. The van der Waals surface area contributed by atoms with Gasteiger partial charge in [0.15, 0.2) is 6.61 Å². The minimum absolute atomic E-state index is 0.00639. The Kier molecular flexibility index (Phi) is 5.87. The molecule has 2 rings (SSSR count). The number of hydrogen-bond acceptors (Lipinski definition) is 2. The number of rotatable bonds is 5. The normalized spacial score (nSPS) is 21.7. The second-order valence-corrected chi connectivity index (χ2v) is 6.90. The zero-order valence-corrected chi connectivity index (χ0v) is 14.3. The molecule has 1 aliphatic rings. The number of amides is 1. The maximum Gasteiger partial charge on any atom is 0.258 e. The second kappa shape index (κ2) is 7.66. The summed E-state index contributed by atoms with van der Waals surface area (Å²) in [6, 6.07) is 6.55. The number of carbonyl (C=O) groups excluding carboxylic acids is 1. The van der Waals surface area contributed by atoms with Gasteiger partial charge >= 0.3 is 0 Å². The van der Waals surface area contributed by atoms with E-state index < -0.39 is 0 Å². The number of carbonyl (C=O) groups is 1. The third-order valence-corrected chi connectivity index (χ3v) is 4.70. The lowest BCUT2D eigenvalue weighted by Crippen LogP contribution is -2.43. The molecule has 1 fully saturated rings. The van der Waals surface area contributed by atoms with E-state index in [1.54, 1.807) is 0 Å². The van der Waals surface area contributed by atoms with Gasteiger partial charge in [-0.05, 0) is 48.8 Å². The number of aryl methyl sites for hydroxylation is 1. The molecule has 1 aromatic rings. The van der Waals surface area contributed by atoms with Crippen molar-refractivity contribution < 1.29 is 9.53 Å². The standard InChI is InChI=1S/C19H29NO2/c1-13(2)16-10-9-15(4)18(11-16)22-12-19(21)20-17-8-6-5-7-14(17)3/h9-11,13-14,17H,5-8,12H2,1-4H3,(H,20,21). The van der Waals surface area contributed by atoms with Crippen molar-refractivity contribution in [1.82, 2.24) is 5.32 Å². The zero-order chi connectivity index (χ0) is 16.1. The molecule has 1 amide bonds. The van der Waals surface area contributed by atoms with Gasteiger partial charge in [0.1, 0.15) is 5.75 Å². The van der Waals surface area contributed by atoms with Gasteiger partial charge < -0.3 is 10.1 Å². The van der Waals surface area contributed by atoms with Crippen molar-refractivity contribution in [2.45, 2.75) is 65.3 Å². The average Bonchev–Trinajstić information content (AvgIpc) is 2.48. The molecule has 0 radical (unpaired) electrons. The molecule has 0 heterocycles. The van der Waals surface area contributed by atoms with Crippen molar-refractivity contribution in [3.8, 4) is 5.75 Å². The lowest BCUT2D eigenvalue weighted by atomic mass is 9.86. The highest BCUT2D eigenvalue weighted by atomic mass is 16.5. The van der Waals surface area contributed by atoms with Crippen LogP contribution in [0, 0.1) is 12.8 Å². The smallest absolute Gasteiger partial charge is 0.258 e. The molecule has 2 unspecified atom stereocenters. The molecule has 3 nitrogen and oxygen atoms in total. The van der Waals surface area contributed by atoms with Gasteiger partial charge in [-0.15, -0.1) is 0 Å². The number of ether oxygens (including phenoxy) is 1. The van der Waals surface area contributed by atoms with Gasteiger partial charge in [-0.1, -0.05) is 45.7 Å². The molecule has 22 heavy (non-hydrogen) atoms. The van der Waals surface area contributed by atoms with Crippen LogP contribution in [-0.2, 0) is 4.79 Å². The minimum atomic E-state index is -0.00639. The van der Waals surface area contributed by atoms with Gasteiger partial charge in [-0.3, -0.25) is 4.79 Å². The van der Waals surface area contributed by atoms with Crippen LogP contribution in [0.4, 0.5) is 0 Å². The van der Waals surface area contributed by atoms with Crippen molar-refractivity contribution in [3.63, 3.8) is 0 Å². The van der Waals surface area contributed by atoms with E-state index in [4.69, 9.17) is 4.74 Å². The summed E-state index contributed by atoms with van der Waals surface area (Å²) >= 11 is 0. The maximum absolute atomic E-state index is 12.1. The van der Waals surface area contributed by atoms with E-state index in [9.17, 15) is 4.79 Å². The van der Waals surface area contributed by atoms with Gasteiger partial charge in [0.05, 0.1) is 0 Å². The zero-order valence-electron chi connectivity index (χ0n) is 14.3. The third-order valence-electron chi connectivity index (χ3n) is 4.70. The lowest BCUT2D eigenvalue weighted by Gasteiger charge is -2.29. The van der Waals surface area contributed by atoms with Crippen molar-refractivity contribution in [1.29, 1.82) is 0 Å². The molecule has 1 saturated carbocycles. The van der Waals surface area contributed by atoms with Crippen LogP contribution < -0.4 is 10.1 Å². The third kappa shape index (κ3) is 4.49. The van der Waals surface area contributed by atoms with Gasteiger partial charge in [-0.25, -0.2) is 0 Å². The maximum atomic E-state index is 12.1. The molecule has 0 spiro atoms. The van der Waals surface area contributed by atoms with Gasteiger partial charge in [0, 0.05) is 6.04 Å². The number of hydrogen-bond donors (Lipinski definition) is 1. The molecule has 0 bridgehead atoms. The van der Waals surface area contributed by atoms with E-state index in [0.717, 1.165) is 17.7 Å². The molecule has 122 valence electrons. The van der Waals surface area contributed by atoms with Crippen molar-refractivity contribution in [3.05, 3.63) is 29.3 Å². The van der Waals surface area contributed by atoms with E-state index >= 15 is 0 Å². The molecule has 0 aromatic heterocycles. The van der Waals surface area contributed by atoms with E-state index in [0.29, 0.717) is 17.9 Å². The quantitative estimate of drug-likeness (QED) is 0.885. The molecular weight excluding hydrogens is 274 g/mol. The minimum Gasteiger partial charge on any atom is -0.483 e. The first-order valence-electron chi connectivity index (χ1n) is 8.50. The monoisotopic (exact) mass is 303 g/mol. The van der Waals surface area contributed by atoms with Crippen LogP contribution >= 0.6 is 0 Å². The van der Waals surface area contributed by atoms with Crippen LogP contribution in [0.2, 0.25) is 0 Å². The fourth-order valence-electron chi connectivity index (χ4n) is 3.05. The van der Waals surface area contributed by atoms with Crippen LogP contribution in [0.15, 0.2) is 18.2 Å². The van der Waals surface area contributed by atoms with Crippen LogP contribution in [0.3, 0.4) is 0 Å². The first-order valence-corrected chi connectivity index (χ1v) is 8.50. The summed E-state index contributed by atoms with van der Waals surface area (Å²) in [7, 11) is 0. The largest absolute Gasteiger partial charge is 0.483 e. The summed E-state index contributed by atoms with van der Waals surface area (Å²) in [6.07, 6.45) is 4.80. The molecule has 1 N–H and O–H groups in total. The van der Waals surface area contributed by atoms with Crippen LogP contribution in [-0.4, -0.2) is 18.6 Å². The first-order chi connectivity index (χ1) is 10.5. The molecule has 0 aliphatic heterocycles. The Balaban J connectivity index is 1.89. The van der Waals surface area contributed by atoms with Crippen LogP contribution in [0.1, 0.15) is 63.5 Å². The van der Waals surface area contributed by atoms with Crippen molar-refractivity contribution >= 4 is 5.91 Å². The van der Waals surface area contributed by atoms with Crippen molar-refractivity contribution in [2.24, 2.45) is 5.92 Å². The molecule has 2 atom stereocenters. The summed E-state index contributed by atoms with van der Waals surface area (Å²) in [4.78, 5) is 12.1. The van der Waals surface area contributed by atoms with Gasteiger partial charge in [0.2, 0.25) is 0 Å². The Hall–Kier alpha value is -1.51. The Morgan fingerprint density at radius 2 is 2.05 bits per heavy atom. The molecule has 1 aromatic carbocycles. The lowest BCUT2D eigenvalue weighted by molar-refractivity contribution is -0.124. The number of nitrogens with one attached hydrogen (secondary N) is 1. The summed E-state index contributed by atoms with van der Waals surface area (Å²) in [5.41, 5.74) is 2.31. The highest BCUT2D eigenvalue weighted by Gasteiger charge is 2.22. The predicted octanol–water partition coefficient (Wildman–Crippen LogP) is 4.19. The number of benzene rings is 1.